The summed E-state index contributed by atoms with van der Waals surface area (Å²) in [6.07, 6.45) is 0.833. The number of aliphatic hydroxyl groups excluding tert-OH is 1. The van der Waals surface area contributed by atoms with Gasteiger partial charge in [0.15, 0.2) is 6.10 Å². The van der Waals surface area contributed by atoms with Crippen LogP contribution >= 0.6 is 0 Å². The van der Waals surface area contributed by atoms with Crippen LogP contribution in [0.15, 0.2) is 30.4 Å². The van der Waals surface area contributed by atoms with Gasteiger partial charge in [-0.3, -0.25) is 24.1 Å². The van der Waals surface area contributed by atoms with Crippen molar-refractivity contribution < 1.29 is 62.6 Å². The third kappa shape index (κ3) is 14.2. The van der Waals surface area contributed by atoms with Crippen LogP contribution in [-0.2, 0) is 60.7 Å². The van der Waals surface area contributed by atoms with Crippen molar-refractivity contribution in [2.75, 3.05) is 52.7 Å². The summed E-state index contributed by atoms with van der Waals surface area (Å²) in [4.78, 5) is 59.7. The molecule has 0 spiro atoms. The third-order valence-electron chi connectivity index (χ3n) is 7.43. The number of nitrogens with one attached hydrogen (secondary N) is 1. The molecule has 1 saturated heterocycles. The van der Waals surface area contributed by atoms with E-state index in [1.54, 1.807) is 26.8 Å². The molecule has 1 fully saturated rings. The standard InChI is InChI=1S/C34H48N2O13/c1-34(2,3)33(43)47-22-24-19-23(6-7-26(24)48-31-21-25(37)20-27(49-31)32(41)42)5-4-13-44-15-17-46-18-16-45-14-11-35-28(38)10-12-36-29(39)8-9-30(36)40/h6-9,19,25,27,31,37H,4-5,10-18,20-22H2,1-3H3,(H,35,38)(H,41,42). The third-order valence-corrected chi connectivity index (χ3v) is 7.43. The van der Waals surface area contributed by atoms with E-state index in [-0.39, 0.29) is 44.3 Å². The van der Waals surface area contributed by atoms with Crippen LogP contribution in [0.4, 0.5) is 0 Å². The highest BCUT2D eigenvalue weighted by Crippen LogP contribution is 2.28. The predicted octanol–water partition coefficient (Wildman–Crippen LogP) is 1.52. The van der Waals surface area contributed by atoms with Gasteiger partial charge in [0, 0.05) is 56.7 Å². The molecule has 0 aliphatic carbocycles. The first-order chi connectivity index (χ1) is 23.3. The van der Waals surface area contributed by atoms with Crippen molar-refractivity contribution in [3.8, 4) is 5.75 Å². The SMILES string of the molecule is CC(C)(C)C(=O)OCc1cc(CCCOCCOCCOCCNC(=O)CCN2C(=O)C=CC2=O)ccc1OC1CC(O)CC(C(=O)O)O1. The number of nitrogens with zero attached hydrogens (tertiary/aromatic N) is 1. The number of carbonyl (C=O) groups is 5. The summed E-state index contributed by atoms with van der Waals surface area (Å²) in [5.74, 6) is -2.29. The molecule has 15 nitrogen and oxygen atoms in total. The Morgan fingerprint density at radius 1 is 0.959 bits per heavy atom. The topological polar surface area (TPSA) is 196 Å². The van der Waals surface area contributed by atoms with Gasteiger partial charge in [0.05, 0.1) is 44.6 Å². The second kappa shape index (κ2) is 19.9. The number of benzene rings is 1. The number of carboxylic acid groups (broad SMARTS) is 1. The van der Waals surface area contributed by atoms with E-state index in [1.165, 1.54) is 12.2 Å². The Morgan fingerprint density at radius 2 is 1.61 bits per heavy atom. The van der Waals surface area contributed by atoms with Crippen LogP contribution in [0, 0.1) is 5.41 Å². The molecule has 3 rings (SSSR count). The van der Waals surface area contributed by atoms with E-state index in [1.807, 2.05) is 12.1 Å². The lowest BCUT2D eigenvalue weighted by Gasteiger charge is -2.31. The zero-order chi connectivity index (χ0) is 35.8. The molecule has 272 valence electrons. The molecule has 3 N–H and O–H groups in total. The number of imide groups is 1. The number of amides is 3. The van der Waals surface area contributed by atoms with Gasteiger partial charge in [-0.05, 0) is 51.3 Å². The van der Waals surface area contributed by atoms with Crippen LogP contribution in [0.3, 0.4) is 0 Å². The van der Waals surface area contributed by atoms with Gasteiger partial charge in [-0.1, -0.05) is 6.07 Å². The molecule has 3 amide bonds. The number of aliphatic carboxylic acids is 1. The maximum atomic E-state index is 12.4. The Morgan fingerprint density at radius 3 is 2.27 bits per heavy atom. The van der Waals surface area contributed by atoms with E-state index < -0.39 is 41.7 Å². The van der Waals surface area contributed by atoms with Crippen molar-refractivity contribution in [2.24, 2.45) is 5.41 Å². The Hall–Kier alpha value is -3.89. The summed E-state index contributed by atoms with van der Waals surface area (Å²) >= 11 is 0. The highest BCUT2D eigenvalue weighted by atomic mass is 16.7. The first-order valence-electron chi connectivity index (χ1n) is 16.4. The van der Waals surface area contributed by atoms with Gasteiger partial charge in [0.2, 0.25) is 12.2 Å². The second-order valence-corrected chi connectivity index (χ2v) is 12.6. The van der Waals surface area contributed by atoms with E-state index in [4.69, 9.17) is 28.4 Å². The fourth-order valence-corrected chi connectivity index (χ4v) is 4.75. The van der Waals surface area contributed by atoms with Crippen molar-refractivity contribution in [1.29, 1.82) is 0 Å². The summed E-state index contributed by atoms with van der Waals surface area (Å²) in [7, 11) is 0. The maximum absolute atomic E-state index is 12.4. The molecule has 2 aliphatic heterocycles. The van der Waals surface area contributed by atoms with Crippen LogP contribution < -0.4 is 10.1 Å². The number of hydrogen-bond acceptors (Lipinski definition) is 12. The van der Waals surface area contributed by atoms with Crippen molar-refractivity contribution in [3.05, 3.63) is 41.5 Å². The lowest BCUT2D eigenvalue weighted by molar-refractivity contribution is -0.195. The number of carbonyl (C=O) groups excluding carboxylic acids is 4. The minimum absolute atomic E-state index is 0.0217. The first-order valence-corrected chi connectivity index (χ1v) is 16.4. The monoisotopic (exact) mass is 692 g/mol. The zero-order valence-corrected chi connectivity index (χ0v) is 28.4. The van der Waals surface area contributed by atoms with E-state index in [0.29, 0.717) is 63.9 Å². The molecule has 1 aromatic rings. The van der Waals surface area contributed by atoms with Gasteiger partial charge in [-0.15, -0.1) is 0 Å². The van der Waals surface area contributed by atoms with Gasteiger partial charge < -0.3 is 44.0 Å². The van der Waals surface area contributed by atoms with Crippen molar-refractivity contribution in [2.45, 2.75) is 78.0 Å². The molecular weight excluding hydrogens is 644 g/mol. The van der Waals surface area contributed by atoms with E-state index in [2.05, 4.69) is 5.32 Å². The summed E-state index contributed by atoms with van der Waals surface area (Å²) in [5, 5.41) is 22.1. The summed E-state index contributed by atoms with van der Waals surface area (Å²) in [6.45, 7) is 7.84. The number of ether oxygens (including phenoxy) is 6. The quantitative estimate of drug-likeness (QED) is 0.0954. The fourth-order valence-electron chi connectivity index (χ4n) is 4.75. The molecule has 15 heteroatoms. The Bertz CT molecular complexity index is 1290. The van der Waals surface area contributed by atoms with Crippen LogP contribution in [0.2, 0.25) is 0 Å². The average Bonchev–Trinajstić information content (AvgIpc) is 3.37. The lowest BCUT2D eigenvalue weighted by atomic mass is 9.97. The number of hydrogen-bond donors (Lipinski definition) is 3. The molecule has 0 saturated carbocycles. The van der Waals surface area contributed by atoms with E-state index in [0.717, 1.165) is 16.9 Å². The van der Waals surface area contributed by atoms with E-state index >= 15 is 0 Å². The van der Waals surface area contributed by atoms with Gasteiger partial charge in [-0.25, -0.2) is 4.79 Å². The number of esters is 1. The van der Waals surface area contributed by atoms with Crippen LogP contribution in [0.5, 0.6) is 5.75 Å². The summed E-state index contributed by atoms with van der Waals surface area (Å²) < 4.78 is 33.6. The minimum Gasteiger partial charge on any atom is -0.479 e. The second-order valence-electron chi connectivity index (χ2n) is 12.6. The summed E-state index contributed by atoms with van der Waals surface area (Å²) in [5.41, 5.74) is 0.859. The largest absolute Gasteiger partial charge is 0.479 e. The van der Waals surface area contributed by atoms with Crippen LogP contribution in [0.1, 0.15) is 57.6 Å². The lowest BCUT2D eigenvalue weighted by Crippen LogP contribution is -2.42. The van der Waals surface area contributed by atoms with Gasteiger partial charge in [0.25, 0.3) is 11.8 Å². The number of rotatable bonds is 21. The molecule has 49 heavy (non-hydrogen) atoms. The zero-order valence-electron chi connectivity index (χ0n) is 28.4. The highest BCUT2D eigenvalue weighted by Gasteiger charge is 2.34. The van der Waals surface area contributed by atoms with Gasteiger partial charge >= 0.3 is 11.9 Å². The van der Waals surface area contributed by atoms with Crippen molar-refractivity contribution >= 4 is 29.7 Å². The molecular formula is C34H48N2O13. The molecule has 0 aromatic heterocycles. The predicted molar refractivity (Wildman–Crippen MR) is 172 cm³/mol. The van der Waals surface area contributed by atoms with E-state index in [9.17, 15) is 34.2 Å². The fraction of sp³-hybridized carbons (Fsp3) is 0.618. The Kier molecular flexibility index (Phi) is 16.1. The average molecular weight is 693 g/mol. The van der Waals surface area contributed by atoms with Gasteiger partial charge in [0.1, 0.15) is 12.4 Å². The molecule has 2 heterocycles. The smallest absolute Gasteiger partial charge is 0.333 e. The summed E-state index contributed by atoms with van der Waals surface area (Å²) in [6, 6.07) is 5.45. The molecule has 2 aliphatic rings. The van der Waals surface area contributed by atoms with Gasteiger partial charge in [-0.2, -0.15) is 0 Å². The molecule has 3 atom stereocenters. The highest BCUT2D eigenvalue weighted by molar-refractivity contribution is 6.13. The maximum Gasteiger partial charge on any atom is 0.333 e. The molecule has 0 radical (unpaired) electrons. The Balaban J connectivity index is 1.29. The Labute approximate surface area is 285 Å². The number of carboxylic acids is 1. The van der Waals surface area contributed by atoms with Crippen molar-refractivity contribution in [1.82, 2.24) is 10.2 Å². The molecule has 3 unspecified atom stereocenters. The molecule has 0 bridgehead atoms. The molecule has 1 aromatic carbocycles. The normalized spacial score (nSPS) is 19.3. The first kappa shape index (κ1) is 39.5. The van der Waals surface area contributed by atoms with Crippen molar-refractivity contribution in [3.63, 3.8) is 0 Å². The number of aryl methyl sites for hydroxylation is 1. The van der Waals surface area contributed by atoms with Crippen LogP contribution in [0.25, 0.3) is 0 Å². The number of aliphatic hydroxyl groups is 1. The van der Waals surface area contributed by atoms with Crippen LogP contribution in [-0.4, -0.2) is 116 Å². The minimum atomic E-state index is -1.18.